The Morgan fingerprint density at radius 3 is 2.74 bits per heavy atom. The molecule has 4 heteroatoms. The molecule has 0 aliphatic heterocycles. The van der Waals surface area contributed by atoms with Crippen molar-refractivity contribution in [3.8, 4) is 0 Å². The van der Waals surface area contributed by atoms with E-state index in [1.54, 1.807) is 0 Å². The second-order valence-electron chi connectivity index (χ2n) is 4.55. The minimum absolute atomic E-state index is 0.0482. The van der Waals surface area contributed by atoms with Crippen molar-refractivity contribution in [1.29, 1.82) is 0 Å². The molecule has 0 spiro atoms. The molecule has 100 valence electrons. The summed E-state index contributed by atoms with van der Waals surface area (Å²) < 4.78 is 13.0. The highest BCUT2D eigenvalue weighted by Crippen LogP contribution is 2.19. The third-order valence-electron chi connectivity index (χ3n) is 2.92. The Hall–Kier alpha value is -2.07. The first-order valence-electron chi connectivity index (χ1n) is 6.10. The second kappa shape index (κ2) is 5.71. The molecule has 0 aliphatic rings. The van der Waals surface area contributed by atoms with Crippen LogP contribution in [0.5, 0.6) is 0 Å². The number of hydrogen-bond donors (Lipinski definition) is 3. The Labute approximate surface area is 111 Å². The molecule has 0 saturated heterocycles. The van der Waals surface area contributed by atoms with E-state index in [4.69, 9.17) is 5.73 Å². The number of nitrogens with one attached hydrogen (secondary N) is 1. The van der Waals surface area contributed by atoms with Gasteiger partial charge in [-0.05, 0) is 42.3 Å². The number of nitrogens with two attached hydrogens (primary N) is 1. The topological polar surface area (TPSA) is 58.3 Å². The van der Waals surface area contributed by atoms with Gasteiger partial charge in [0.05, 0.1) is 11.8 Å². The maximum Gasteiger partial charge on any atom is 0.146 e. The number of rotatable bonds is 4. The largest absolute Gasteiger partial charge is 0.396 e. The zero-order valence-corrected chi connectivity index (χ0v) is 10.7. The van der Waals surface area contributed by atoms with Crippen molar-refractivity contribution in [3.63, 3.8) is 0 Å². The molecule has 4 N–H and O–H groups in total. The highest BCUT2D eigenvalue weighted by molar-refractivity contribution is 5.46. The fourth-order valence-electron chi connectivity index (χ4n) is 1.86. The van der Waals surface area contributed by atoms with E-state index in [1.165, 1.54) is 18.2 Å². The lowest BCUT2D eigenvalue weighted by atomic mass is 10.1. The van der Waals surface area contributed by atoms with Crippen LogP contribution >= 0.6 is 0 Å². The molecular formula is C15H17FN2O. The summed E-state index contributed by atoms with van der Waals surface area (Å²) in [6, 6.07) is 12.1. The zero-order chi connectivity index (χ0) is 13.8. The van der Waals surface area contributed by atoms with Crippen molar-refractivity contribution in [1.82, 2.24) is 0 Å². The molecule has 2 aromatic rings. The normalized spacial score (nSPS) is 12.2. The Morgan fingerprint density at radius 2 is 2.05 bits per heavy atom. The van der Waals surface area contributed by atoms with Gasteiger partial charge in [-0.3, -0.25) is 0 Å². The van der Waals surface area contributed by atoms with Crippen LogP contribution in [0.25, 0.3) is 0 Å². The van der Waals surface area contributed by atoms with E-state index in [-0.39, 0.29) is 5.69 Å². The van der Waals surface area contributed by atoms with Crippen LogP contribution in [0.15, 0.2) is 42.5 Å². The molecule has 0 fully saturated rings. The van der Waals surface area contributed by atoms with Crippen LogP contribution in [0.1, 0.15) is 17.2 Å². The average molecular weight is 260 g/mol. The lowest BCUT2D eigenvalue weighted by molar-refractivity contribution is 0.191. The van der Waals surface area contributed by atoms with Gasteiger partial charge in [-0.1, -0.05) is 18.2 Å². The van der Waals surface area contributed by atoms with Crippen LogP contribution in [0.4, 0.5) is 15.8 Å². The molecule has 2 rings (SSSR count). The highest BCUT2D eigenvalue weighted by Gasteiger charge is 2.09. The van der Waals surface area contributed by atoms with Crippen LogP contribution in [0.3, 0.4) is 0 Å². The van der Waals surface area contributed by atoms with E-state index in [9.17, 15) is 9.50 Å². The molecule has 1 atom stereocenters. The van der Waals surface area contributed by atoms with Gasteiger partial charge in [0.25, 0.3) is 0 Å². The minimum Gasteiger partial charge on any atom is -0.396 e. The molecule has 0 heterocycles. The van der Waals surface area contributed by atoms with Gasteiger partial charge in [-0.25, -0.2) is 4.39 Å². The molecule has 3 nitrogen and oxygen atoms in total. The summed E-state index contributed by atoms with van der Waals surface area (Å²) in [5.41, 5.74) is 8.21. The van der Waals surface area contributed by atoms with Crippen molar-refractivity contribution < 1.29 is 9.50 Å². The van der Waals surface area contributed by atoms with Crippen molar-refractivity contribution >= 4 is 11.4 Å². The van der Waals surface area contributed by atoms with Gasteiger partial charge in [0.1, 0.15) is 5.82 Å². The first kappa shape index (κ1) is 13.4. The van der Waals surface area contributed by atoms with Crippen LogP contribution in [0.2, 0.25) is 0 Å². The van der Waals surface area contributed by atoms with E-state index in [1.807, 2.05) is 31.2 Å². The predicted octanol–water partition coefficient (Wildman–Crippen LogP) is 2.86. The number of aryl methyl sites for hydroxylation is 1. The molecule has 0 radical (unpaired) electrons. The maximum atomic E-state index is 13.0. The quantitative estimate of drug-likeness (QED) is 0.741. The summed E-state index contributed by atoms with van der Waals surface area (Å²) in [6.45, 7) is 2.34. The van der Waals surface area contributed by atoms with E-state index in [0.717, 1.165) is 11.3 Å². The minimum atomic E-state index is -0.733. The van der Waals surface area contributed by atoms with E-state index < -0.39 is 11.9 Å². The first-order valence-corrected chi connectivity index (χ1v) is 6.10. The summed E-state index contributed by atoms with van der Waals surface area (Å²) >= 11 is 0. The Balaban J connectivity index is 2.01. The summed E-state index contributed by atoms with van der Waals surface area (Å²) in [6.07, 6.45) is -0.733. The van der Waals surface area contributed by atoms with Gasteiger partial charge in [0, 0.05) is 12.2 Å². The Bertz CT molecular complexity index is 572. The number of hydrogen-bond acceptors (Lipinski definition) is 3. The molecule has 0 amide bonds. The maximum absolute atomic E-state index is 13.0. The number of halogens is 1. The molecule has 1 unspecified atom stereocenters. The van der Waals surface area contributed by atoms with Gasteiger partial charge < -0.3 is 16.2 Å². The van der Waals surface area contributed by atoms with Crippen LogP contribution in [-0.2, 0) is 0 Å². The first-order chi connectivity index (χ1) is 9.06. The van der Waals surface area contributed by atoms with E-state index in [2.05, 4.69) is 5.32 Å². The number of aliphatic hydroxyl groups is 1. The summed E-state index contributed by atoms with van der Waals surface area (Å²) in [5, 5.41) is 13.2. The monoisotopic (exact) mass is 260 g/mol. The zero-order valence-electron chi connectivity index (χ0n) is 10.7. The molecule has 19 heavy (non-hydrogen) atoms. The second-order valence-corrected chi connectivity index (χ2v) is 4.55. The Morgan fingerprint density at radius 1 is 1.26 bits per heavy atom. The SMILES string of the molecule is Cc1cccc(NCC(O)c2ccc(F)c(N)c2)c1. The molecule has 0 aliphatic carbocycles. The fraction of sp³-hybridized carbons (Fsp3) is 0.200. The molecular weight excluding hydrogens is 243 g/mol. The predicted molar refractivity (Wildman–Crippen MR) is 75.4 cm³/mol. The molecule has 0 aromatic heterocycles. The van der Waals surface area contributed by atoms with Crippen LogP contribution in [-0.4, -0.2) is 11.7 Å². The van der Waals surface area contributed by atoms with E-state index >= 15 is 0 Å². The highest BCUT2D eigenvalue weighted by atomic mass is 19.1. The fourth-order valence-corrected chi connectivity index (χ4v) is 1.86. The molecule has 0 saturated carbocycles. The van der Waals surface area contributed by atoms with Crippen molar-refractivity contribution in [2.75, 3.05) is 17.6 Å². The van der Waals surface area contributed by atoms with Crippen LogP contribution < -0.4 is 11.1 Å². The van der Waals surface area contributed by atoms with Gasteiger partial charge >= 0.3 is 0 Å². The lowest BCUT2D eigenvalue weighted by Crippen LogP contribution is -2.12. The lowest BCUT2D eigenvalue weighted by Gasteiger charge is -2.14. The average Bonchev–Trinajstić information content (AvgIpc) is 2.39. The third-order valence-corrected chi connectivity index (χ3v) is 2.92. The summed E-state index contributed by atoms with van der Waals surface area (Å²) in [4.78, 5) is 0. The van der Waals surface area contributed by atoms with Gasteiger partial charge in [-0.2, -0.15) is 0 Å². The number of benzene rings is 2. The molecule has 0 bridgehead atoms. The summed E-state index contributed by atoms with van der Waals surface area (Å²) in [5.74, 6) is -0.470. The van der Waals surface area contributed by atoms with Crippen LogP contribution in [0, 0.1) is 12.7 Å². The Kier molecular flexibility index (Phi) is 4.02. The van der Waals surface area contributed by atoms with Gasteiger partial charge in [-0.15, -0.1) is 0 Å². The smallest absolute Gasteiger partial charge is 0.146 e. The van der Waals surface area contributed by atoms with Gasteiger partial charge in [0.2, 0.25) is 0 Å². The van der Waals surface area contributed by atoms with Crippen molar-refractivity contribution in [2.45, 2.75) is 13.0 Å². The number of anilines is 2. The van der Waals surface area contributed by atoms with Crippen molar-refractivity contribution in [2.24, 2.45) is 0 Å². The number of aliphatic hydroxyl groups excluding tert-OH is 1. The summed E-state index contributed by atoms with van der Waals surface area (Å²) in [7, 11) is 0. The van der Waals surface area contributed by atoms with Crippen molar-refractivity contribution in [3.05, 3.63) is 59.4 Å². The number of nitrogen functional groups attached to an aromatic ring is 1. The standard InChI is InChI=1S/C15H17FN2O/c1-10-3-2-4-12(7-10)18-9-15(19)11-5-6-13(16)14(17)8-11/h2-8,15,18-19H,9,17H2,1H3. The molecule has 2 aromatic carbocycles. The van der Waals surface area contributed by atoms with E-state index in [0.29, 0.717) is 12.1 Å². The third kappa shape index (κ3) is 3.45. The van der Waals surface area contributed by atoms with Gasteiger partial charge in [0.15, 0.2) is 0 Å².